The lowest BCUT2D eigenvalue weighted by atomic mass is 9.90. The number of carbonyl (C=O) groups is 1. The molecule has 1 amide bonds. The zero-order valence-electron chi connectivity index (χ0n) is 16.7. The summed E-state index contributed by atoms with van der Waals surface area (Å²) in [6.45, 7) is 8.39. The Morgan fingerprint density at radius 3 is 2.59 bits per heavy atom. The van der Waals surface area contributed by atoms with Gasteiger partial charge in [0.15, 0.2) is 5.82 Å². The van der Waals surface area contributed by atoms with Gasteiger partial charge in [-0.05, 0) is 42.2 Å². The summed E-state index contributed by atoms with van der Waals surface area (Å²) in [4.78, 5) is 22.0. The van der Waals surface area contributed by atoms with Gasteiger partial charge in [-0.25, -0.2) is 9.97 Å². The summed E-state index contributed by atoms with van der Waals surface area (Å²) < 4.78 is 0. The molecule has 0 atom stereocenters. The molecule has 0 saturated heterocycles. The van der Waals surface area contributed by atoms with Gasteiger partial charge >= 0.3 is 0 Å². The van der Waals surface area contributed by atoms with E-state index in [-0.39, 0.29) is 12.5 Å². The van der Waals surface area contributed by atoms with Crippen LogP contribution >= 0.6 is 0 Å². The Morgan fingerprint density at radius 1 is 1.15 bits per heavy atom. The van der Waals surface area contributed by atoms with E-state index < -0.39 is 0 Å². The fourth-order valence-electron chi connectivity index (χ4n) is 3.51. The molecule has 1 aliphatic rings. The number of aromatic nitrogens is 2. The van der Waals surface area contributed by atoms with E-state index >= 15 is 0 Å². The largest absolute Gasteiger partial charge is 0.392 e. The van der Waals surface area contributed by atoms with Crippen LogP contribution in [0, 0.1) is 11.8 Å². The van der Waals surface area contributed by atoms with Crippen LogP contribution in [0.25, 0.3) is 11.3 Å². The number of aliphatic hydroxyl groups excluding tert-OH is 1. The summed E-state index contributed by atoms with van der Waals surface area (Å²) in [7, 11) is 0. The number of rotatable bonds is 6. The summed E-state index contributed by atoms with van der Waals surface area (Å²) in [6.07, 6.45) is 2.90. The van der Waals surface area contributed by atoms with Crippen LogP contribution in [0.15, 0.2) is 18.2 Å². The Labute approximate surface area is 161 Å². The molecule has 0 spiro atoms. The highest BCUT2D eigenvalue weighted by atomic mass is 16.3. The number of aliphatic hydroxyl groups is 1. The van der Waals surface area contributed by atoms with E-state index in [2.05, 4.69) is 25.2 Å². The molecule has 1 aromatic carbocycles. The number of nitrogens with one attached hydrogen (secondary N) is 1. The Kier molecular flexibility index (Phi) is 5.90. The number of benzene rings is 1. The highest BCUT2D eigenvalue weighted by molar-refractivity contribution is 5.90. The van der Waals surface area contributed by atoms with E-state index in [1.807, 2.05) is 26.0 Å². The zero-order chi connectivity index (χ0) is 19.6. The van der Waals surface area contributed by atoms with Crippen LogP contribution in [-0.2, 0) is 30.7 Å². The molecule has 27 heavy (non-hydrogen) atoms. The minimum Gasteiger partial charge on any atom is -0.392 e. The molecule has 1 aliphatic carbocycles. The predicted molar refractivity (Wildman–Crippen MR) is 107 cm³/mol. The van der Waals surface area contributed by atoms with Gasteiger partial charge in [0.05, 0.1) is 23.7 Å². The number of hydrogen-bond donors (Lipinski definition) is 2. The van der Waals surface area contributed by atoms with Crippen molar-refractivity contribution >= 4 is 11.7 Å². The molecule has 144 valence electrons. The second-order valence-electron chi connectivity index (χ2n) is 8.21. The normalized spacial score (nSPS) is 12.9. The van der Waals surface area contributed by atoms with E-state index in [4.69, 9.17) is 9.97 Å². The number of fused-ring (bicyclic) bond motifs is 3. The minimum absolute atomic E-state index is 0.00643. The van der Waals surface area contributed by atoms with Crippen molar-refractivity contribution in [3.8, 4) is 11.3 Å². The van der Waals surface area contributed by atoms with Gasteiger partial charge < -0.3 is 10.4 Å². The van der Waals surface area contributed by atoms with Gasteiger partial charge in [0.1, 0.15) is 0 Å². The van der Waals surface area contributed by atoms with Gasteiger partial charge in [-0.2, -0.15) is 0 Å². The van der Waals surface area contributed by atoms with Gasteiger partial charge in [0.25, 0.3) is 0 Å². The maximum atomic E-state index is 12.3. The van der Waals surface area contributed by atoms with Crippen LogP contribution in [0.2, 0.25) is 0 Å². The molecule has 5 heteroatoms. The van der Waals surface area contributed by atoms with Crippen molar-refractivity contribution in [2.24, 2.45) is 11.8 Å². The van der Waals surface area contributed by atoms with Gasteiger partial charge in [-0.15, -0.1) is 0 Å². The molecule has 2 aromatic rings. The van der Waals surface area contributed by atoms with Crippen LogP contribution in [0.1, 0.15) is 56.6 Å². The van der Waals surface area contributed by atoms with Crippen molar-refractivity contribution in [2.45, 2.75) is 60.0 Å². The number of aryl methyl sites for hydroxylation is 2. The molecule has 1 aromatic heterocycles. The van der Waals surface area contributed by atoms with E-state index in [1.165, 1.54) is 5.56 Å². The Bertz CT molecular complexity index is 844. The molecule has 0 saturated carbocycles. The van der Waals surface area contributed by atoms with Crippen LogP contribution in [0.3, 0.4) is 0 Å². The van der Waals surface area contributed by atoms with Crippen LogP contribution < -0.4 is 5.32 Å². The molecule has 0 bridgehead atoms. The first-order valence-corrected chi connectivity index (χ1v) is 9.80. The second-order valence-corrected chi connectivity index (χ2v) is 8.21. The first-order chi connectivity index (χ1) is 12.9. The quantitative estimate of drug-likeness (QED) is 0.811. The molecular weight excluding hydrogens is 338 g/mol. The monoisotopic (exact) mass is 367 g/mol. The van der Waals surface area contributed by atoms with Crippen molar-refractivity contribution in [1.29, 1.82) is 0 Å². The second kappa shape index (κ2) is 8.17. The number of amides is 1. The average molecular weight is 367 g/mol. The van der Waals surface area contributed by atoms with Crippen LogP contribution in [-0.4, -0.2) is 21.0 Å². The average Bonchev–Trinajstić information content (AvgIpc) is 2.60. The summed E-state index contributed by atoms with van der Waals surface area (Å²) in [6, 6.07) is 6.03. The van der Waals surface area contributed by atoms with Crippen molar-refractivity contribution in [1.82, 2.24) is 9.97 Å². The first kappa shape index (κ1) is 19.5. The number of anilines is 1. The van der Waals surface area contributed by atoms with Crippen LogP contribution in [0.5, 0.6) is 0 Å². The lowest BCUT2D eigenvalue weighted by Crippen LogP contribution is -2.20. The fourth-order valence-corrected chi connectivity index (χ4v) is 3.51. The third-order valence-electron chi connectivity index (χ3n) is 4.73. The number of hydrogen-bond acceptors (Lipinski definition) is 4. The van der Waals surface area contributed by atoms with E-state index in [0.29, 0.717) is 24.1 Å². The maximum Gasteiger partial charge on any atom is 0.225 e. The van der Waals surface area contributed by atoms with E-state index in [1.54, 1.807) is 0 Å². The smallest absolute Gasteiger partial charge is 0.225 e. The topological polar surface area (TPSA) is 75.1 Å². The van der Waals surface area contributed by atoms with Crippen molar-refractivity contribution in [3.63, 3.8) is 0 Å². The number of carbonyl (C=O) groups excluding carboxylic acids is 1. The van der Waals surface area contributed by atoms with Crippen molar-refractivity contribution in [2.75, 3.05) is 5.32 Å². The zero-order valence-corrected chi connectivity index (χ0v) is 16.7. The Balaban J connectivity index is 2.01. The Hall–Kier alpha value is -2.27. The highest BCUT2D eigenvalue weighted by Gasteiger charge is 2.23. The molecule has 2 N–H and O–H groups in total. The van der Waals surface area contributed by atoms with Gasteiger partial charge in [-0.3, -0.25) is 4.79 Å². The summed E-state index contributed by atoms with van der Waals surface area (Å²) >= 11 is 0. The van der Waals surface area contributed by atoms with Crippen molar-refractivity contribution in [3.05, 3.63) is 40.7 Å². The fraction of sp³-hybridized carbons (Fsp3) is 0.500. The molecular formula is C22H29N3O2. The molecule has 3 rings (SSSR count). The van der Waals surface area contributed by atoms with E-state index in [9.17, 15) is 9.90 Å². The summed E-state index contributed by atoms with van der Waals surface area (Å²) in [5.74, 6) is 1.33. The van der Waals surface area contributed by atoms with Gasteiger partial charge in [-0.1, -0.05) is 45.9 Å². The third-order valence-corrected chi connectivity index (χ3v) is 4.73. The van der Waals surface area contributed by atoms with Crippen molar-refractivity contribution < 1.29 is 9.90 Å². The maximum absolute atomic E-state index is 12.3. The molecule has 0 unspecified atom stereocenters. The summed E-state index contributed by atoms with van der Waals surface area (Å²) in [5, 5.41) is 12.4. The lowest BCUT2D eigenvalue weighted by Gasteiger charge is -2.22. The van der Waals surface area contributed by atoms with Gasteiger partial charge in [0, 0.05) is 12.0 Å². The standard InChI is InChI=1S/C22H29N3O2/c1-13(2)9-19-22(25-20(27)10-14(3)4)24-18-8-6-16-11-15(12-26)5-7-17(16)21(18)23-19/h5,7,11,13-14,26H,6,8-10,12H2,1-4H3,(H,24,25,27). The molecule has 5 nitrogen and oxygen atoms in total. The number of nitrogens with zero attached hydrogens (tertiary/aromatic N) is 2. The molecule has 0 fully saturated rings. The highest BCUT2D eigenvalue weighted by Crippen LogP contribution is 2.34. The van der Waals surface area contributed by atoms with E-state index in [0.717, 1.165) is 47.5 Å². The van der Waals surface area contributed by atoms with Gasteiger partial charge in [0.2, 0.25) is 5.91 Å². The molecule has 0 radical (unpaired) electrons. The van der Waals surface area contributed by atoms with Crippen LogP contribution in [0.4, 0.5) is 5.82 Å². The lowest BCUT2D eigenvalue weighted by molar-refractivity contribution is -0.116. The first-order valence-electron chi connectivity index (χ1n) is 9.80. The molecule has 1 heterocycles. The predicted octanol–water partition coefficient (Wildman–Crippen LogP) is 3.92. The third kappa shape index (κ3) is 4.53. The molecule has 0 aliphatic heterocycles. The Morgan fingerprint density at radius 2 is 1.93 bits per heavy atom. The summed E-state index contributed by atoms with van der Waals surface area (Å²) in [5.41, 5.74) is 5.91. The minimum atomic E-state index is -0.00643. The SMILES string of the molecule is CC(C)CC(=O)Nc1nc2c(nc1CC(C)C)-c1ccc(CO)cc1CC2.